The molecule has 3 amide bonds. The Morgan fingerprint density at radius 1 is 1.36 bits per heavy atom. The lowest BCUT2D eigenvalue weighted by molar-refractivity contribution is 0.0352. The van der Waals surface area contributed by atoms with E-state index in [0.29, 0.717) is 37.2 Å². The lowest BCUT2D eigenvalue weighted by atomic mass is 10.00. The molecule has 0 saturated heterocycles. The van der Waals surface area contributed by atoms with Gasteiger partial charge in [-0.15, -0.1) is 0 Å². The zero-order valence-electron chi connectivity index (χ0n) is 21.5. The third-order valence-corrected chi connectivity index (χ3v) is 6.22. The summed E-state index contributed by atoms with van der Waals surface area (Å²) in [5.74, 6) is 6.08. The van der Waals surface area contributed by atoms with Gasteiger partial charge >= 0.3 is 6.03 Å². The molecule has 8 nitrogen and oxygen atoms in total. The highest BCUT2D eigenvalue weighted by Gasteiger charge is 2.34. The van der Waals surface area contributed by atoms with Crippen LogP contribution in [0.2, 0.25) is 0 Å². The summed E-state index contributed by atoms with van der Waals surface area (Å²) >= 11 is 0. The van der Waals surface area contributed by atoms with E-state index in [-0.39, 0.29) is 36.4 Å². The summed E-state index contributed by atoms with van der Waals surface area (Å²) in [5.41, 5.74) is 2.02. The van der Waals surface area contributed by atoms with Crippen molar-refractivity contribution in [3.05, 3.63) is 59.3 Å². The SMILES string of the molecule is CCCNC(=O)N(C)C[C@@H]1Oc2ncc(C#CCc3ccccc3)cc2C(=O)N([C@H](C)CO)C[C@@H]1C. The Kier molecular flexibility index (Phi) is 9.71. The highest BCUT2D eigenvalue weighted by molar-refractivity contribution is 5.97. The van der Waals surface area contributed by atoms with Crippen molar-refractivity contribution >= 4 is 11.9 Å². The van der Waals surface area contributed by atoms with Crippen molar-refractivity contribution < 1.29 is 19.4 Å². The molecule has 8 heteroatoms. The van der Waals surface area contributed by atoms with Crippen molar-refractivity contribution in [2.24, 2.45) is 5.92 Å². The number of urea groups is 1. The number of aromatic nitrogens is 1. The maximum absolute atomic E-state index is 13.5. The molecule has 1 aliphatic heterocycles. The summed E-state index contributed by atoms with van der Waals surface area (Å²) in [4.78, 5) is 33.6. The predicted octanol–water partition coefficient (Wildman–Crippen LogP) is 2.95. The van der Waals surface area contributed by atoms with Crippen LogP contribution in [0, 0.1) is 17.8 Å². The standard InChI is InChI=1S/C28H36N4O4/c1-5-14-29-28(35)31(4)18-25-20(2)17-32(21(3)19-33)27(34)24-15-23(16-30-26(24)36-25)13-9-12-22-10-7-6-8-11-22/h6-8,10-11,15-16,20-21,25,33H,5,12,14,17-19H2,1-4H3,(H,29,35)/t20-,21+,25-/m0/s1. The first-order chi connectivity index (χ1) is 17.3. The monoisotopic (exact) mass is 492 g/mol. The third kappa shape index (κ3) is 6.98. The Morgan fingerprint density at radius 3 is 2.81 bits per heavy atom. The molecule has 3 rings (SSSR count). The van der Waals surface area contributed by atoms with E-state index < -0.39 is 6.10 Å². The number of rotatable bonds is 7. The van der Waals surface area contributed by atoms with E-state index in [4.69, 9.17) is 4.74 Å². The summed E-state index contributed by atoms with van der Waals surface area (Å²) in [6.07, 6.45) is 2.64. The van der Waals surface area contributed by atoms with E-state index in [9.17, 15) is 14.7 Å². The van der Waals surface area contributed by atoms with E-state index in [1.165, 1.54) is 0 Å². The van der Waals surface area contributed by atoms with Crippen LogP contribution in [0.1, 0.15) is 48.7 Å². The molecule has 1 aromatic heterocycles. The van der Waals surface area contributed by atoms with Crippen LogP contribution in [0.25, 0.3) is 0 Å². The second-order valence-corrected chi connectivity index (χ2v) is 9.28. The maximum Gasteiger partial charge on any atom is 0.317 e. The minimum absolute atomic E-state index is 0.107. The van der Waals surface area contributed by atoms with Gasteiger partial charge in [0.15, 0.2) is 0 Å². The largest absolute Gasteiger partial charge is 0.472 e. The third-order valence-electron chi connectivity index (χ3n) is 6.22. The molecule has 1 aliphatic rings. The number of amides is 3. The lowest BCUT2D eigenvalue weighted by Crippen LogP contribution is -2.51. The zero-order valence-corrected chi connectivity index (χ0v) is 21.5. The minimum atomic E-state index is -0.398. The highest BCUT2D eigenvalue weighted by atomic mass is 16.5. The van der Waals surface area contributed by atoms with Crippen LogP contribution in [0.5, 0.6) is 5.88 Å². The lowest BCUT2D eigenvalue weighted by Gasteiger charge is -2.37. The summed E-state index contributed by atoms with van der Waals surface area (Å²) in [6.45, 7) is 6.91. The second-order valence-electron chi connectivity index (χ2n) is 9.28. The van der Waals surface area contributed by atoms with E-state index in [1.54, 1.807) is 29.1 Å². The number of carbonyl (C=O) groups is 2. The number of ether oxygens (including phenoxy) is 1. The van der Waals surface area contributed by atoms with Crippen LogP contribution in [-0.2, 0) is 6.42 Å². The summed E-state index contributed by atoms with van der Waals surface area (Å²) in [7, 11) is 1.72. The number of aliphatic hydroxyl groups is 1. The van der Waals surface area contributed by atoms with Crippen LogP contribution >= 0.6 is 0 Å². The van der Waals surface area contributed by atoms with Gasteiger partial charge in [0, 0.05) is 44.2 Å². The van der Waals surface area contributed by atoms with Crippen molar-refractivity contribution in [3.8, 4) is 17.7 Å². The molecule has 0 bridgehead atoms. The Morgan fingerprint density at radius 2 is 2.11 bits per heavy atom. The van der Waals surface area contributed by atoms with Gasteiger partial charge in [-0.05, 0) is 25.0 Å². The highest BCUT2D eigenvalue weighted by Crippen LogP contribution is 2.27. The normalized spacial score (nSPS) is 18.0. The molecule has 0 unspecified atom stereocenters. The predicted molar refractivity (Wildman–Crippen MR) is 139 cm³/mol. The number of carbonyl (C=O) groups excluding carboxylic acids is 2. The molecule has 36 heavy (non-hydrogen) atoms. The smallest absolute Gasteiger partial charge is 0.317 e. The summed E-state index contributed by atoms with van der Waals surface area (Å²) in [5, 5.41) is 12.7. The molecule has 192 valence electrons. The van der Waals surface area contributed by atoms with Crippen LogP contribution in [-0.4, -0.2) is 77.3 Å². The Hall–Kier alpha value is -3.57. The van der Waals surface area contributed by atoms with Crippen molar-refractivity contribution in [1.29, 1.82) is 0 Å². The molecule has 0 saturated carbocycles. The van der Waals surface area contributed by atoms with Crippen molar-refractivity contribution in [2.45, 2.75) is 45.8 Å². The zero-order chi connectivity index (χ0) is 26.1. The minimum Gasteiger partial charge on any atom is -0.472 e. The number of pyridine rings is 1. The van der Waals surface area contributed by atoms with E-state index in [0.717, 1.165) is 12.0 Å². The number of fused-ring (bicyclic) bond motifs is 1. The summed E-state index contributed by atoms with van der Waals surface area (Å²) < 4.78 is 6.24. The average molecular weight is 493 g/mol. The van der Waals surface area contributed by atoms with Gasteiger partial charge < -0.3 is 25.0 Å². The van der Waals surface area contributed by atoms with Gasteiger partial charge in [-0.25, -0.2) is 9.78 Å². The van der Waals surface area contributed by atoms with E-state index in [2.05, 4.69) is 22.1 Å². The Labute approximate surface area is 213 Å². The van der Waals surface area contributed by atoms with Gasteiger partial charge in [0.2, 0.25) is 5.88 Å². The molecule has 3 atom stereocenters. The number of likely N-dealkylation sites (N-methyl/N-ethyl adjacent to an activating group) is 1. The van der Waals surface area contributed by atoms with Gasteiger partial charge in [0.25, 0.3) is 5.91 Å². The fraction of sp³-hybridized carbons (Fsp3) is 0.464. The average Bonchev–Trinajstić information content (AvgIpc) is 2.89. The maximum atomic E-state index is 13.5. The summed E-state index contributed by atoms with van der Waals surface area (Å²) in [6, 6.07) is 11.1. The molecule has 0 radical (unpaired) electrons. The molecule has 2 heterocycles. The molecular weight excluding hydrogens is 456 g/mol. The Balaban J connectivity index is 1.89. The fourth-order valence-electron chi connectivity index (χ4n) is 3.95. The van der Waals surface area contributed by atoms with Crippen molar-refractivity contribution in [3.63, 3.8) is 0 Å². The van der Waals surface area contributed by atoms with Gasteiger partial charge in [0.05, 0.1) is 19.2 Å². The number of hydrogen-bond acceptors (Lipinski definition) is 5. The number of nitrogens with zero attached hydrogens (tertiary/aromatic N) is 3. The van der Waals surface area contributed by atoms with Gasteiger partial charge in [0.1, 0.15) is 11.7 Å². The topological polar surface area (TPSA) is 95.0 Å². The number of benzene rings is 1. The molecule has 2 N–H and O–H groups in total. The molecular formula is C28H36N4O4. The number of hydrogen-bond donors (Lipinski definition) is 2. The fourth-order valence-corrected chi connectivity index (χ4v) is 3.95. The van der Waals surface area contributed by atoms with Crippen LogP contribution < -0.4 is 10.1 Å². The van der Waals surface area contributed by atoms with Gasteiger partial charge in [-0.3, -0.25) is 4.79 Å². The Bertz CT molecular complexity index is 1100. The molecule has 0 spiro atoms. The molecule has 0 fully saturated rings. The van der Waals surface area contributed by atoms with Crippen molar-refractivity contribution in [2.75, 3.05) is 33.3 Å². The van der Waals surface area contributed by atoms with Crippen LogP contribution in [0.3, 0.4) is 0 Å². The van der Waals surface area contributed by atoms with E-state index in [1.807, 2.05) is 51.1 Å². The first-order valence-electron chi connectivity index (χ1n) is 12.4. The van der Waals surface area contributed by atoms with Crippen LogP contribution in [0.15, 0.2) is 42.6 Å². The van der Waals surface area contributed by atoms with Crippen molar-refractivity contribution in [1.82, 2.24) is 20.1 Å². The number of aliphatic hydroxyl groups excluding tert-OH is 1. The molecule has 0 aliphatic carbocycles. The number of nitrogens with one attached hydrogen (secondary N) is 1. The van der Waals surface area contributed by atoms with Crippen LogP contribution in [0.4, 0.5) is 4.79 Å². The van der Waals surface area contributed by atoms with E-state index >= 15 is 0 Å². The first-order valence-corrected chi connectivity index (χ1v) is 12.4. The van der Waals surface area contributed by atoms with Gasteiger partial charge in [-0.2, -0.15) is 0 Å². The quantitative estimate of drug-likeness (QED) is 0.580. The van der Waals surface area contributed by atoms with Gasteiger partial charge in [-0.1, -0.05) is 56.0 Å². The molecule has 2 aromatic rings. The molecule has 1 aromatic carbocycles. The first kappa shape index (κ1) is 27.0. The second kappa shape index (κ2) is 12.9.